The molecule has 128 valence electrons. The standard InChI is InChI=1S/C17H20N2O4S/c1-20-13-7-12(8-14(10-13)21-2)19-17(24)18-11-5-6-15(22-3)16(9-11)23-4/h5-10H,1-4H3,(H2,18,19,24). The van der Waals surface area contributed by atoms with Crippen molar-refractivity contribution in [2.45, 2.75) is 0 Å². The fourth-order valence-electron chi connectivity index (χ4n) is 2.09. The normalized spacial score (nSPS) is 9.83. The summed E-state index contributed by atoms with van der Waals surface area (Å²) < 4.78 is 21.0. The first kappa shape index (κ1) is 17.7. The largest absolute Gasteiger partial charge is 0.497 e. The zero-order valence-electron chi connectivity index (χ0n) is 14.0. The predicted octanol–water partition coefficient (Wildman–Crippen LogP) is 3.53. The minimum absolute atomic E-state index is 0.428. The molecule has 0 fully saturated rings. The fourth-order valence-corrected chi connectivity index (χ4v) is 2.32. The molecule has 7 heteroatoms. The minimum Gasteiger partial charge on any atom is -0.497 e. The third-order valence-corrected chi connectivity index (χ3v) is 3.45. The molecule has 2 N–H and O–H groups in total. The van der Waals surface area contributed by atoms with E-state index in [1.54, 1.807) is 46.6 Å². The highest BCUT2D eigenvalue weighted by Gasteiger charge is 2.07. The highest BCUT2D eigenvalue weighted by atomic mass is 32.1. The molecule has 0 unspecified atom stereocenters. The maximum absolute atomic E-state index is 5.34. The third kappa shape index (κ3) is 4.42. The minimum atomic E-state index is 0.428. The lowest BCUT2D eigenvalue weighted by Crippen LogP contribution is -2.19. The van der Waals surface area contributed by atoms with E-state index in [9.17, 15) is 0 Å². The van der Waals surface area contributed by atoms with E-state index in [1.165, 1.54) is 0 Å². The van der Waals surface area contributed by atoms with Gasteiger partial charge in [0.25, 0.3) is 0 Å². The molecule has 0 radical (unpaired) electrons. The van der Waals surface area contributed by atoms with Crippen LogP contribution in [0.5, 0.6) is 23.0 Å². The Morgan fingerprint density at radius 1 is 0.708 bits per heavy atom. The van der Waals surface area contributed by atoms with E-state index in [1.807, 2.05) is 18.2 Å². The van der Waals surface area contributed by atoms with Gasteiger partial charge in [-0.1, -0.05) is 0 Å². The number of thiocarbonyl (C=S) groups is 1. The molecule has 0 aliphatic heterocycles. The molecule has 0 bridgehead atoms. The van der Waals surface area contributed by atoms with Crippen LogP contribution in [0.25, 0.3) is 0 Å². The Morgan fingerprint density at radius 3 is 1.83 bits per heavy atom. The van der Waals surface area contributed by atoms with Gasteiger partial charge in [0, 0.05) is 35.6 Å². The van der Waals surface area contributed by atoms with Crippen molar-refractivity contribution in [1.82, 2.24) is 0 Å². The molecule has 0 aromatic heterocycles. The van der Waals surface area contributed by atoms with E-state index >= 15 is 0 Å². The lowest BCUT2D eigenvalue weighted by atomic mass is 10.2. The van der Waals surface area contributed by atoms with Gasteiger partial charge in [-0.2, -0.15) is 0 Å². The van der Waals surface area contributed by atoms with Crippen molar-refractivity contribution >= 4 is 28.7 Å². The molecule has 0 saturated heterocycles. The fraction of sp³-hybridized carbons (Fsp3) is 0.235. The van der Waals surface area contributed by atoms with E-state index in [0.29, 0.717) is 28.1 Å². The van der Waals surface area contributed by atoms with Crippen molar-refractivity contribution in [3.8, 4) is 23.0 Å². The van der Waals surface area contributed by atoms with Gasteiger partial charge in [-0.3, -0.25) is 0 Å². The number of hydrogen-bond acceptors (Lipinski definition) is 5. The first-order valence-corrected chi connectivity index (χ1v) is 7.53. The topological polar surface area (TPSA) is 61.0 Å². The van der Waals surface area contributed by atoms with Crippen LogP contribution < -0.4 is 29.6 Å². The molecule has 0 aliphatic rings. The Labute approximate surface area is 146 Å². The van der Waals surface area contributed by atoms with Gasteiger partial charge in [-0.25, -0.2) is 0 Å². The van der Waals surface area contributed by atoms with Crippen molar-refractivity contribution in [2.75, 3.05) is 39.1 Å². The van der Waals surface area contributed by atoms with Crippen LogP contribution in [0.15, 0.2) is 36.4 Å². The van der Waals surface area contributed by atoms with Gasteiger partial charge in [0.1, 0.15) is 11.5 Å². The first-order valence-electron chi connectivity index (χ1n) is 7.12. The summed E-state index contributed by atoms with van der Waals surface area (Å²) in [7, 11) is 6.37. The second kappa shape index (κ2) is 8.26. The Bertz CT molecular complexity index is 699. The third-order valence-electron chi connectivity index (χ3n) is 3.25. The maximum Gasteiger partial charge on any atom is 0.175 e. The summed E-state index contributed by atoms with van der Waals surface area (Å²) in [6, 6.07) is 10.9. The van der Waals surface area contributed by atoms with Gasteiger partial charge in [-0.05, 0) is 24.4 Å². The summed E-state index contributed by atoms with van der Waals surface area (Å²) >= 11 is 5.34. The van der Waals surface area contributed by atoms with E-state index in [2.05, 4.69) is 10.6 Å². The maximum atomic E-state index is 5.34. The zero-order chi connectivity index (χ0) is 17.5. The van der Waals surface area contributed by atoms with Gasteiger partial charge >= 0.3 is 0 Å². The Morgan fingerprint density at radius 2 is 1.29 bits per heavy atom. The molecule has 0 aliphatic carbocycles. The number of benzene rings is 2. The van der Waals surface area contributed by atoms with Gasteiger partial charge in [-0.15, -0.1) is 0 Å². The molecule has 0 saturated carbocycles. The molecule has 0 atom stereocenters. The van der Waals surface area contributed by atoms with Crippen molar-refractivity contribution in [2.24, 2.45) is 0 Å². The molecule has 2 aromatic carbocycles. The molecule has 2 rings (SSSR count). The molecule has 2 aromatic rings. The van der Waals surface area contributed by atoms with Crippen molar-refractivity contribution < 1.29 is 18.9 Å². The number of methoxy groups -OCH3 is 4. The van der Waals surface area contributed by atoms with Crippen LogP contribution in [0.1, 0.15) is 0 Å². The highest BCUT2D eigenvalue weighted by Crippen LogP contribution is 2.30. The predicted molar refractivity (Wildman–Crippen MR) is 98.9 cm³/mol. The van der Waals surface area contributed by atoms with Crippen LogP contribution in [-0.2, 0) is 0 Å². The van der Waals surface area contributed by atoms with Crippen LogP contribution in [0.3, 0.4) is 0 Å². The summed E-state index contributed by atoms with van der Waals surface area (Å²) in [5, 5.41) is 6.62. The number of hydrogen-bond donors (Lipinski definition) is 2. The lowest BCUT2D eigenvalue weighted by Gasteiger charge is -2.14. The molecular formula is C17H20N2O4S. The van der Waals surface area contributed by atoms with E-state index in [0.717, 1.165) is 11.4 Å². The quantitative estimate of drug-likeness (QED) is 0.774. The van der Waals surface area contributed by atoms with Crippen LogP contribution in [-0.4, -0.2) is 33.6 Å². The number of rotatable bonds is 6. The van der Waals surface area contributed by atoms with Gasteiger partial charge in [0.15, 0.2) is 16.6 Å². The van der Waals surface area contributed by atoms with Crippen molar-refractivity contribution in [1.29, 1.82) is 0 Å². The monoisotopic (exact) mass is 348 g/mol. The molecule has 0 amide bonds. The van der Waals surface area contributed by atoms with Crippen molar-refractivity contribution in [3.05, 3.63) is 36.4 Å². The Hall–Kier alpha value is -2.67. The number of nitrogens with one attached hydrogen (secondary N) is 2. The second-order valence-corrected chi connectivity index (χ2v) is 5.16. The van der Waals surface area contributed by atoms with Crippen molar-refractivity contribution in [3.63, 3.8) is 0 Å². The lowest BCUT2D eigenvalue weighted by molar-refractivity contribution is 0.355. The summed E-state index contributed by atoms with van der Waals surface area (Å²) in [4.78, 5) is 0. The molecule has 6 nitrogen and oxygen atoms in total. The van der Waals surface area contributed by atoms with Crippen LogP contribution in [0, 0.1) is 0 Å². The van der Waals surface area contributed by atoms with Crippen LogP contribution in [0.4, 0.5) is 11.4 Å². The number of ether oxygens (including phenoxy) is 4. The SMILES string of the molecule is COc1cc(NC(=S)Nc2ccc(OC)c(OC)c2)cc(OC)c1. The summed E-state index contributed by atoms with van der Waals surface area (Å²) in [5.41, 5.74) is 1.53. The molecular weight excluding hydrogens is 328 g/mol. The molecule has 24 heavy (non-hydrogen) atoms. The number of anilines is 2. The Kier molecular flexibility index (Phi) is 6.08. The van der Waals surface area contributed by atoms with E-state index in [-0.39, 0.29) is 0 Å². The van der Waals surface area contributed by atoms with Gasteiger partial charge in [0.2, 0.25) is 0 Å². The first-order chi connectivity index (χ1) is 11.6. The second-order valence-electron chi connectivity index (χ2n) is 4.75. The van der Waals surface area contributed by atoms with E-state index < -0.39 is 0 Å². The Balaban J connectivity index is 2.11. The average molecular weight is 348 g/mol. The highest BCUT2D eigenvalue weighted by molar-refractivity contribution is 7.80. The van der Waals surface area contributed by atoms with Gasteiger partial charge in [0.05, 0.1) is 28.4 Å². The molecule has 0 heterocycles. The van der Waals surface area contributed by atoms with E-state index in [4.69, 9.17) is 31.2 Å². The summed E-state index contributed by atoms with van der Waals surface area (Å²) in [5.74, 6) is 2.62. The average Bonchev–Trinajstić information content (AvgIpc) is 2.60. The summed E-state index contributed by atoms with van der Waals surface area (Å²) in [6.45, 7) is 0. The van der Waals surface area contributed by atoms with Crippen LogP contribution in [0.2, 0.25) is 0 Å². The summed E-state index contributed by atoms with van der Waals surface area (Å²) in [6.07, 6.45) is 0. The molecule has 0 spiro atoms. The smallest absolute Gasteiger partial charge is 0.175 e. The van der Waals surface area contributed by atoms with Crippen LogP contribution >= 0.6 is 12.2 Å². The van der Waals surface area contributed by atoms with Gasteiger partial charge < -0.3 is 29.6 Å². The zero-order valence-corrected chi connectivity index (χ0v) is 14.8.